The number of amides is 5. The number of nitrogens with zero attached hydrogens (tertiary/aromatic N) is 2. The molecule has 1 spiro atoms. The van der Waals surface area contributed by atoms with Gasteiger partial charge in [-0.05, 0) is 31.4 Å². The number of nitrogens with one attached hydrogen (secondary N) is 2. The Balaban J connectivity index is 1.39. The SMILES string of the molecule is CNC(=O)[C@H]1CN(C(=O)CCCN2C(=O)NC3(CCCC3)C2=O)c2ccccc2O1. The molecule has 0 aromatic heterocycles. The lowest BCUT2D eigenvalue weighted by molar-refractivity contribution is -0.131. The number of fused-ring (bicyclic) bond motifs is 1. The van der Waals surface area contributed by atoms with E-state index in [0.717, 1.165) is 12.8 Å². The minimum Gasteiger partial charge on any atom is -0.477 e. The number of imide groups is 1. The molecule has 0 radical (unpaired) electrons. The van der Waals surface area contributed by atoms with Crippen molar-refractivity contribution in [3.05, 3.63) is 24.3 Å². The predicted molar refractivity (Wildman–Crippen MR) is 108 cm³/mol. The second-order valence-electron chi connectivity index (χ2n) is 7.97. The minimum atomic E-state index is -0.790. The van der Waals surface area contributed by atoms with Crippen molar-refractivity contribution in [3.63, 3.8) is 0 Å². The molecular formula is C21H26N4O5. The average Bonchev–Trinajstić information content (AvgIpc) is 3.32. The van der Waals surface area contributed by atoms with Crippen molar-refractivity contribution in [2.45, 2.75) is 50.2 Å². The first-order valence-electron chi connectivity index (χ1n) is 10.4. The van der Waals surface area contributed by atoms with Gasteiger partial charge in [-0.25, -0.2) is 4.79 Å². The van der Waals surface area contributed by atoms with Gasteiger partial charge in [0.05, 0.1) is 12.2 Å². The largest absolute Gasteiger partial charge is 0.477 e. The molecule has 1 saturated heterocycles. The third-order valence-corrected chi connectivity index (χ3v) is 6.09. The first-order chi connectivity index (χ1) is 14.4. The Morgan fingerprint density at radius 2 is 1.97 bits per heavy atom. The highest BCUT2D eigenvalue weighted by Crippen LogP contribution is 2.36. The lowest BCUT2D eigenvalue weighted by Crippen LogP contribution is -2.50. The van der Waals surface area contributed by atoms with E-state index in [1.54, 1.807) is 29.2 Å². The molecule has 3 aliphatic rings. The fraction of sp³-hybridized carbons (Fsp3) is 0.524. The normalized spacial score (nSPS) is 22.0. The molecule has 2 N–H and O–H groups in total. The number of anilines is 1. The number of urea groups is 1. The quantitative estimate of drug-likeness (QED) is 0.704. The molecule has 1 saturated carbocycles. The van der Waals surface area contributed by atoms with Crippen molar-refractivity contribution < 1.29 is 23.9 Å². The average molecular weight is 414 g/mol. The number of carbonyl (C=O) groups excluding carboxylic acids is 4. The Bertz CT molecular complexity index is 880. The maximum Gasteiger partial charge on any atom is 0.325 e. The van der Waals surface area contributed by atoms with E-state index >= 15 is 0 Å². The van der Waals surface area contributed by atoms with Gasteiger partial charge in [0.2, 0.25) is 5.91 Å². The summed E-state index contributed by atoms with van der Waals surface area (Å²) >= 11 is 0. The Hall–Kier alpha value is -3.10. The second-order valence-corrected chi connectivity index (χ2v) is 7.97. The van der Waals surface area contributed by atoms with Crippen LogP contribution in [0.1, 0.15) is 38.5 Å². The summed E-state index contributed by atoms with van der Waals surface area (Å²) in [5, 5.41) is 5.40. The highest BCUT2D eigenvalue weighted by molar-refractivity contribution is 6.07. The standard InChI is InChI=1S/C21H26N4O5/c1-22-18(27)16-13-25(14-7-2-3-8-15(14)30-16)17(26)9-6-12-24-19(28)21(23-20(24)29)10-4-5-11-21/h2-3,7-8,16H,4-6,9-13H2,1H3,(H,22,27)(H,23,29)/t16-/m1/s1. The molecule has 1 aromatic rings. The summed E-state index contributed by atoms with van der Waals surface area (Å²) in [7, 11) is 1.52. The molecule has 1 aromatic carbocycles. The van der Waals surface area contributed by atoms with Crippen LogP contribution in [0.5, 0.6) is 5.75 Å². The summed E-state index contributed by atoms with van der Waals surface area (Å²) in [6.45, 7) is 0.310. The highest BCUT2D eigenvalue weighted by Gasteiger charge is 2.52. The molecule has 1 atom stereocenters. The van der Waals surface area contributed by atoms with Crippen LogP contribution in [-0.4, -0.2) is 60.4 Å². The van der Waals surface area contributed by atoms with Crippen molar-refractivity contribution in [2.24, 2.45) is 0 Å². The van der Waals surface area contributed by atoms with Crippen LogP contribution < -0.4 is 20.3 Å². The molecule has 5 amide bonds. The van der Waals surface area contributed by atoms with Gasteiger partial charge in [-0.1, -0.05) is 25.0 Å². The van der Waals surface area contributed by atoms with E-state index in [-0.39, 0.29) is 43.3 Å². The van der Waals surface area contributed by atoms with Crippen molar-refractivity contribution in [2.75, 3.05) is 25.0 Å². The Kier molecular flexibility index (Phi) is 5.36. The van der Waals surface area contributed by atoms with Crippen LogP contribution in [0.15, 0.2) is 24.3 Å². The fourth-order valence-corrected chi connectivity index (χ4v) is 4.49. The zero-order chi connectivity index (χ0) is 21.3. The first kappa shape index (κ1) is 20.2. The molecule has 4 rings (SSSR count). The molecule has 9 nitrogen and oxygen atoms in total. The molecule has 0 unspecified atom stereocenters. The van der Waals surface area contributed by atoms with Gasteiger partial charge in [0.15, 0.2) is 6.10 Å². The molecule has 1 aliphatic carbocycles. The van der Waals surface area contributed by atoms with Crippen LogP contribution in [0, 0.1) is 0 Å². The van der Waals surface area contributed by atoms with Crippen molar-refractivity contribution in [3.8, 4) is 5.75 Å². The van der Waals surface area contributed by atoms with Gasteiger partial charge in [-0.15, -0.1) is 0 Å². The minimum absolute atomic E-state index is 0.113. The summed E-state index contributed by atoms with van der Waals surface area (Å²) in [4.78, 5) is 52.8. The van der Waals surface area contributed by atoms with E-state index in [4.69, 9.17) is 4.74 Å². The summed E-state index contributed by atoms with van der Waals surface area (Å²) in [5.74, 6) is -0.178. The zero-order valence-electron chi connectivity index (χ0n) is 17.0. The van der Waals surface area contributed by atoms with Crippen molar-refractivity contribution in [1.29, 1.82) is 0 Å². The number of carbonyl (C=O) groups is 4. The number of hydrogen-bond acceptors (Lipinski definition) is 5. The van der Waals surface area contributed by atoms with Crippen LogP contribution in [0.25, 0.3) is 0 Å². The van der Waals surface area contributed by atoms with Gasteiger partial charge >= 0.3 is 6.03 Å². The topological polar surface area (TPSA) is 108 Å². The van der Waals surface area contributed by atoms with E-state index in [1.165, 1.54) is 11.9 Å². The van der Waals surface area contributed by atoms with Crippen molar-refractivity contribution in [1.82, 2.24) is 15.5 Å². The highest BCUT2D eigenvalue weighted by atomic mass is 16.5. The number of para-hydroxylation sites is 2. The molecular weight excluding hydrogens is 388 g/mol. The zero-order valence-corrected chi connectivity index (χ0v) is 17.0. The molecule has 2 heterocycles. The van der Waals surface area contributed by atoms with E-state index in [2.05, 4.69) is 10.6 Å². The number of likely N-dealkylation sites (N-methyl/N-ethyl adjacent to an activating group) is 1. The first-order valence-corrected chi connectivity index (χ1v) is 10.4. The lowest BCUT2D eigenvalue weighted by atomic mass is 9.98. The molecule has 2 fully saturated rings. The number of ether oxygens (including phenoxy) is 1. The molecule has 2 aliphatic heterocycles. The van der Waals surface area contributed by atoms with E-state index in [9.17, 15) is 19.2 Å². The van der Waals surface area contributed by atoms with Crippen LogP contribution in [0.3, 0.4) is 0 Å². The molecule has 160 valence electrons. The molecule has 30 heavy (non-hydrogen) atoms. The van der Waals surface area contributed by atoms with Gasteiger partial charge in [0, 0.05) is 20.0 Å². The Labute approximate surface area is 174 Å². The number of rotatable bonds is 5. The summed E-state index contributed by atoms with van der Waals surface area (Å²) in [5.41, 5.74) is -0.118. The van der Waals surface area contributed by atoms with Crippen LogP contribution >= 0.6 is 0 Å². The van der Waals surface area contributed by atoms with Crippen LogP contribution in [0.4, 0.5) is 10.5 Å². The Morgan fingerprint density at radius 3 is 2.70 bits per heavy atom. The van der Waals surface area contributed by atoms with Gasteiger partial charge in [0.1, 0.15) is 11.3 Å². The van der Waals surface area contributed by atoms with Crippen LogP contribution in [-0.2, 0) is 14.4 Å². The fourth-order valence-electron chi connectivity index (χ4n) is 4.49. The maximum atomic E-state index is 12.9. The predicted octanol–water partition coefficient (Wildman–Crippen LogP) is 1.17. The second kappa shape index (κ2) is 7.97. The smallest absolute Gasteiger partial charge is 0.325 e. The molecule has 0 bridgehead atoms. The Morgan fingerprint density at radius 1 is 1.23 bits per heavy atom. The van der Waals surface area contributed by atoms with E-state index < -0.39 is 11.6 Å². The number of benzene rings is 1. The third-order valence-electron chi connectivity index (χ3n) is 6.09. The maximum absolute atomic E-state index is 12.9. The van der Waals surface area contributed by atoms with Gasteiger partial charge in [0.25, 0.3) is 11.8 Å². The van der Waals surface area contributed by atoms with Crippen molar-refractivity contribution >= 4 is 29.4 Å². The van der Waals surface area contributed by atoms with E-state index in [0.29, 0.717) is 30.7 Å². The van der Waals surface area contributed by atoms with Gasteiger partial charge in [-0.3, -0.25) is 19.3 Å². The van der Waals surface area contributed by atoms with Crippen LogP contribution in [0.2, 0.25) is 0 Å². The van der Waals surface area contributed by atoms with Gasteiger partial charge < -0.3 is 20.3 Å². The summed E-state index contributed by atoms with van der Waals surface area (Å²) in [6, 6.07) is 6.71. The number of hydrogen-bond donors (Lipinski definition) is 2. The monoisotopic (exact) mass is 414 g/mol. The molecule has 9 heteroatoms. The third kappa shape index (κ3) is 3.48. The lowest BCUT2D eigenvalue weighted by Gasteiger charge is -2.34. The van der Waals surface area contributed by atoms with Gasteiger partial charge in [-0.2, -0.15) is 0 Å². The summed E-state index contributed by atoms with van der Waals surface area (Å²) < 4.78 is 5.72. The van der Waals surface area contributed by atoms with E-state index in [1.807, 2.05) is 0 Å². The summed E-state index contributed by atoms with van der Waals surface area (Å²) in [6.07, 6.45) is 2.94.